The second kappa shape index (κ2) is 8.47. The van der Waals surface area contributed by atoms with Crippen molar-refractivity contribution >= 4 is 29.0 Å². The molecule has 3 aromatic heterocycles. The number of pyridine rings is 1. The van der Waals surface area contributed by atoms with Gasteiger partial charge in [-0.25, -0.2) is 4.98 Å². The van der Waals surface area contributed by atoms with Gasteiger partial charge >= 0.3 is 0 Å². The Hall–Kier alpha value is -2.51. The minimum absolute atomic E-state index is 0.272. The van der Waals surface area contributed by atoms with Crippen LogP contribution in [0, 0.1) is 6.92 Å². The summed E-state index contributed by atoms with van der Waals surface area (Å²) in [7, 11) is 0. The van der Waals surface area contributed by atoms with Crippen LogP contribution in [0.3, 0.4) is 0 Å². The molecule has 29 heavy (non-hydrogen) atoms. The van der Waals surface area contributed by atoms with Crippen LogP contribution < -0.4 is 4.74 Å². The predicted octanol–water partition coefficient (Wildman–Crippen LogP) is 5.34. The molecule has 0 fully saturated rings. The normalized spacial score (nSPS) is 12.4. The highest BCUT2D eigenvalue weighted by molar-refractivity contribution is 7.98. The number of thioether (sulfide) groups is 1. The number of hydrogen-bond acceptors (Lipinski definition) is 5. The van der Waals surface area contributed by atoms with Crippen LogP contribution in [0.1, 0.15) is 37.0 Å². The van der Waals surface area contributed by atoms with Crippen molar-refractivity contribution < 1.29 is 4.74 Å². The Balaban J connectivity index is 1.50. The first-order valence-corrected chi connectivity index (χ1v) is 10.8. The van der Waals surface area contributed by atoms with E-state index < -0.39 is 0 Å². The zero-order chi connectivity index (χ0) is 20.4. The molecule has 0 N–H and O–H groups in total. The smallest absolute Gasteiger partial charge is 0.191 e. The molecule has 0 aliphatic rings. The van der Waals surface area contributed by atoms with E-state index in [1.165, 1.54) is 0 Å². The average molecular weight is 428 g/mol. The highest BCUT2D eigenvalue weighted by atomic mass is 35.5. The van der Waals surface area contributed by atoms with Crippen LogP contribution in [0.15, 0.2) is 53.9 Å². The molecular weight excluding hydrogens is 406 g/mol. The number of imidazole rings is 1. The molecule has 1 atom stereocenters. The van der Waals surface area contributed by atoms with E-state index in [0.717, 1.165) is 40.2 Å². The monoisotopic (exact) mass is 427 g/mol. The van der Waals surface area contributed by atoms with E-state index >= 15 is 0 Å². The van der Waals surface area contributed by atoms with E-state index in [1.54, 1.807) is 11.8 Å². The van der Waals surface area contributed by atoms with Gasteiger partial charge in [0.15, 0.2) is 17.1 Å². The van der Waals surface area contributed by atoms with Crippen LogP contribution >= 0.6 is 23.4 Å². The first-order valence-electron chi connectivity index (χ1n) is 9.46. The van der Waals surface area contributed by atoms with Gasteiger partial charge in [0.05, 0.1) is 10.7 Å². The molecule has 3 heterocycles. The van der Waals surface area contributed by atoms with Crippen LogP contribution in [0.5, 0.6) is 5.75 Å². The summed E-state index contributed by atoms with van der Waals surface area (Å²) in [6.45, 7) is 6.81. The minimum Gasteiger partial charge on any atom is -0.481 e. The number of hydrogen-bond donors (Lipinski definition) is 0. The van der Waals surface area contributed by atoms with Gasteiger partial charge in [0, 0.05) is 24.7 Å². The van der Waals surface area contributed by atoms with Crippen molar-refractivity contribution in [2.24, 2.45) is 0 Å². The quantitative estimate of drug-likeness (QED) is 0.372. The second-order valence-corrected chi connectivity index (χ2v) is 8.12. The molecule has 4 rings (SSSR count). The Bertz CT molecular complexity index is 1110. The van der Waals surface area contributed by atoms with Gasteiger partial charge in [-0.1, -0.05) is 35.5 Å². The molecule has 0 amide bonds. The molecule has 150 valence electrons. The number of aromatic nitrogens is 5. The van der Waals surface area contributed by atoms with Crippen molar-refractivity contribution in [3.8, 4) is 5.75 Å². The van der Waals surface area contributed by atoms with Crippen molar-refractivity contribution in [2.75, 3.05) is 0 Å². The highest BCUT2D eigenvalue weighted by Crippen LogP contribution is 2.31. The van der Waals surface area contributed by atoms with E-state index in [1.807, 2.05) is 67.0 Å². The molecule has 1 aromatic carbocycles. The molecule has 8 heteroatoms. The van der Waals surface area contributed by atoms with Gasteiger partial charge in [-0.3, -0.25) is 0 Å². The zero-order valence-electron chi connectivity index (χ0n) is 16.5. The van der Waals surface area contributed by atoms with Gasteiger partial charge in [-0.2, -0.15) is 0 Å². The van der Waals surface area contributed by atoms with E-state index in [0.29, 0.717) is 10.8 Å². The average Bonchev–Trinajstić information content (AvgIpc) is 3.32. The fraction of sp³-hybridized carbons (Fsp3) is 0.286. The zero-order valence-corrected chi connectivity index (χ0v) is 18.1. The summed E-state index contributed by atoms with van der Waals surface area (Å²) in [6.07, 6.45) is 3.77. The topological polar surface area (TPSA) is 57.2 Å². The largest absolute Gasteiger partial charge is 0.481 e. The van der Waals surface area contributed by atoms with Crippen LogP contribution in [0.2, 0.25) is 5.02 Å². The predicted molar refractivity (Wildman–Crippen MR) is 116 cm³/mol. The third-order valence-electron chi connectivity index (χ3n) is 4.58. The van der Waals surface area contributed by atoms with Crippen molar-refractivity contribution in [1.29, 1.82) is 0 Å². The van der Waals surface area contributed by atoms with Crippen molar-refractivity contribution in [1.82, 2.24) is 24.1 Å². The lowest BCUT2D eigenvalue weighted by atomic mass is 10.2. The van der Waals surface area contributed by atoms with Crippen LogP contribution in [0.25, 0.3) is 5.65 Å². The molecule has 0 aliphatic carbocycles. The molecular formula is C21H22ClN5OS. The number of aryl methyl sites for hydroxylation is 1. The van der Waals surface area contributed by atoms with Gasteiger partial charge in [0.1, 0.15) is 11.4 Å². The van der Waals surface area contributed by atoms with E-state index in [9.17, 15) is 0 Å². The summed E-state index contributed by atoms with van der Waals surface area (Å²) in [4.78, 5) is 4.64. The molecule has 0 radical (unpaired) electrons. The fourth-order valence-electron chi connectivity index (χ4n) is 3.14. The summed E-state index contributed by atoms with van der Waals surface area (Å²) in [5.41, 5.74) is 3.04. The first-order chi connectivity index (χ1) is 14.0. The Morgan fingerprint density at radius 2 is 2.07 bits per heavy atom. The van der Waals surface area contributed by atoms with Crippen LogP contribution in [-0.4, -0.2) is 24.1 Å². The number of ether oxygens (including phenoxy) is 1. The van der Waals surface area contributed by atoms with E-state index in [2.05, 4.69) is 26.7 Å². The highest BCUT2D eigenvalue weighted by Gasteiger charge is 2.20. The van der Waals surface area contributed by atoms with Gasteiger partial charge in [-0.15, -0.1) is 10.2 Å². The Kier molecular flexibility index (Phi) is 5.78. The Morgan fingerprint density at radius 3 is 2.86 bits per heavy atom. The molecule has 0 bridgehead atoms. The molecule has 4 aromatic rings. The fourth-order valence-corrected chi connectivity index (χ4v) is 4.20. The second-order valence-electron chi connectivity index (χ2n) is 6.77. The van der Waals surface area contributed by atoms with Crippen molar-refractivity contribution in [2.45, 2.75) is 44.3 Å². The lowest BCUT2D eigenvalue weighted by Gasteiger charge is -2.16. The molecule has 0 aliphatic heterocycles. The molecule has 0 saturated heterocycles. The Labute approximate surface area is 178 Å². The number of halogens is 1. The van der Waals surface area contributed by atoms with E-state index in [-0.39, 0.29) is 6.10 Å². The van der Waals surface area contributed by atoms with Crippen molar-refractivity contribution in [3.05, 3.63) is 70.9 Å². The maximum Gasteiger partial charge on any atom is 0.191 e. The van der Waals surface area contributed by atoms with Gasteiger partial charge in [0.2, 0.25) is 0 Å². The van der Waals surface area contributed by atoms with Crippen LogP contribution in [-0.2, 0) is 12.3 Å². The Morgan fingerprint density at radius 1 is 1.21 bits per heavy atom. The molecule has 0 spiro atoms. The van der Waals surface area contributed by atoms with E-state index in [4.69, 9.17) is 16.3 Å². The molecule has 1 unspecified atom stereocenters. The summed E-state index contributed by atoms with van der Waals surface area (Å²) in [5.74, 6) is 2.16. The minimum atomic E-state index is -0.272. The first kappa shape index (κ1) is 19.8. The molecule has 6 nitrogen and oxygen atoms in total. The SMILES string of the molecule is CCn1c(SCc2cn3ccccc3n2)nnc1C(C)Oc1cc(C)ccc1Cl. The maximum atomic E-state index is 6.28. The number of rotatable bonds is 7. The lowest BCUT2D eigenvalue weighted by molar-refractivity contribution is 0.210. The summed E-state index contributed by atoms with van der Waals surface area (Å²) in [5, 5.41) is 10.2. The van der Waals surface area contributed by atoms with Gasteiger partial charge in [0.25, 0.3) is 0 Å². The summed E-state index contributed by atoms with van der Waals surface area (Å²) < 4.78 is 10.2. The van der Waals surface area contributed by atoms with Crippen molar-refractivity contribution in [3.63, 3.8) is 0 Å². The van der Waals surface area contributed by atoms with Gasteiger partial charge in [-0.05, 0) is 50.6 Å². The lowest BCUT2D eigenvalue weighted by Crippen LogP contribution is -2.12. The maximum absolute atomic E-state index is 6.28. The third kappa shape index (κ3) is 4.26. The number of nitrogens with zero attached hydrogens (tertiary/aromatic N) is 5. The standard InChI is InChI=1S/C21H22ClN5OS/c1-4-27-20(15(3)28-18-11-14(2)8-9-17(18)22)24-25-21(27)29-13-16-12-26-10-6-5-7-19(26)23-16/h5-12,15H,4,13H2,1-3H3. The van der Waals surface area contributed by atoms with Gasteiger partial charge < -0.3 is 13.7 Å². The summed E-state index contributed by atoms with van der Waals surface area (Å²) >= 11 is 7.90. The number of benzene rings is 1. The number of fused-ring (bicyclic) bond motifs is 1. The van der Waals surface area contributed by atoms with Crippen LogP contribution in [0.4, 0.5) is 0 Å². The molecule has 0 saturated carbocycles. The third-order valence-corrected chi connectivity index (χ3v) is 5.89. The summed E-state index contributed by atoms with van der Waals surface area (Å²) in [6, 6.07) is 11.7.